The average Bonchev–Trinajstić information content (AvgIpc) is 3.12. The summed E-state index contributed by atoms with van der Waals surface area (Å²) in [6.07, 6.45) is 2.20. The molecule has 0 aliphatic rings. The number of nitrogens with one attached hydrogen (secondary N) is 1. The van der Waals surface area contributed by atoms with Crippen LogP contribution in [0.5, 0.6) is 0 Å². The standard InChI is InChI=1S/C23H18N2O2/c26-23(25-24-16-20-15-19-11-5-7-13-22(19)27-20)21-12-6-4-10-18(21)14-17-8-2-1-3-9-17/h1-13,15-16H,14H2,(H,25,26). The number of fused-ring (bicyclic) bond motifs is 1. The van der Waals surface area contributed by atoms with Crippen LogP contribution in [0.1, 0.15) is 27.2 Å². The van der Waals surface area contributed by atoms with Crippen LogP contribution in [0.15, 0.2) is 94.4 Å². The lowest BCUT2D eigenvalue weighted by Crippen LogP contribution is -2.19. The lowest BCUT2D eigenvalue weighted by molar-refractivity contribution is 0.0954. The molecule has 0 unspecified atom stereocenters. The normalized spacial score (nSPS) is 11.1. The van der Waals surface area contributed by atoms with E-state index in [4.69, 9.17) is 4.42 Å². The molecule has 1 heterocycles. The molecule has 0 radical (unpaired) electrons. The Morgan fingerprint density at radius 2 is 1.67 bits per heavy atom. The SMILES string of the molecule is O=C(NN=Cc1cc2ccccc2o1)c1ccccc1Cc1ccccc1. The van der Waals surface area contributed by atoms with Crippen LogP contribution in [0.4, 0.5) is 0 Å². The van der Waals surface area contributed by atoms with Crippen molar-refractivity contribution in [1.29, 1.82) is 0 Å². The molecule has 4 nitrogen and oxygen atoms in total. The van der Waals surface area contributed by atoms with Gasteiger partial charge in [-0.05, 0) is 35.7 Å². The van der Waals surface area contributed by atoms with Gasteiger partial charge in [-0.25, -0.2) is 5.43 Å². The van der Waals surface area contributed by atoms with Crippen LogP contribution >= 0.6 is 0 Å². The van der Waals surface area contributed by atoms with E-state index in [0.29, 0.717) is 17.7 Å². The summed E-state index contributed by atoms with van der Waals surface area (Å²) in [5.74, 6) is 0.350. The highest BCUT2D eigenvalue weighted by molar-refractivity contribution is 5.96. The molecular weight excluding hydrogens is 336 g/mol. The fraction of sp³-hybridized carbons (Fsp3) is 0.0435. The minimum absolute atomic E-state index is 0.242. The second kappa shape index (κ2) is 7.70. The van der Waals surface area contributed by atoms with Crippen molar-refractivity contribution in [2.75, 3.05) is 0 Å². The van der Waals surface area contributed by atoms with Gasteiger partial charge in [0.05, 0.1) is 6.21 Å². The highest BCUT2D eigenvalue weighted by atomic mass is 16.3. The molecule has 1 N–H and O–H groups in total. The van der Waals surface area contributed by atoms with Crippen molar-refractivity contribution in [3.8, 4) is 0 Å². The van der Waals surface area contributed by atoms with E-state index >= 15 is 0 Å². The lowest BCUT2D eigenvalue weighted by Gasteiger charge is -2.08. The Balaban J connectivity index is 1.48. The van der Waals surface area contributed by atoms with Gasteiger partial charge < -0.3 is 4.42 Å². The zero-order valence-electron chi connectivity index (χ0n) is 14.6. The summed E-state index contributed by atoms with van der Waals surface area (Å²) in [6.45, 7) is 0. The van der Waals surface area contributed by atoms with Crippen LogP contribution in [-0.2, 0) is 6.42 Å². The molecule has 4 rings (SSSR count). The molecule has 27 heavy (non-hydrogen) atoms. The van der Waals surface area contributed by atoms with E-state index in [0.717, 1.165) is 22.1 Å². The predicted octanol–water partition coefficient (Wildman–Crippen LogP) is 4.79. The van der Waals surface area contributed by atoms with Gasteiger partial charge in [0.25, 0.3) is 5.91 Å². The van der Waals surface area contributed by atoms with Gasteiger partial charge in [0.1, 0.15) is 11.3 Å². The summed E-state index contributed by atoms with van der Waals surface area (Å²) < 4.78 is 5.66. The van der Waals surface area contributed by atoms with Gasteiger partial charge in [0, 0.05) is 10.9 Å². The smallest absolute Gasteiger partial charge is 0.271 e. The summed E-state index contributed by atoms with van der Waals surface area (Å²) in [5, 5.41) is 5.04. The third-order valence-electron chi connectivity index (χ3n) is 4.30. The number of para-hydroxylation sites is 1. The maximum Gasteiger partial charge on any atom is 0.271 e. The number of hydrazone groups is 1. The van der Waals surface area contributed by atoms with Crippen molar-refractivity contribution >= 4 is 23.1 Å². The van der Waals surface area contributed by atoms with E-state index < -0.39 is 0 Å². The zero-order chi connectivity index (χ0) is 18.5. The number of rotatable bonds is 5. The first-order valence-corrected chi connectivity index (χ1v) is 8.73. The second-order valence-corrected chi connectivity index (χ2v) is 6.21. The van der Waals surface area contributed by atoms with E-state index in [1.165, 1.54) is 6.21 Å². The molecule has 0 atom stereocenters. The quantitative estimate of drug-likeness (QED) is 0.414. The maximum absolute atomic E-state index is 12.6. The van der Waals surface area contributed by atoms with Crippen molar-refractivity contribution in [2.45, 2.75) is 6.42 Å². The van der Waals surface area contributed by atoms with Crippen molar-refractivity contribution in [2.24, 2.45) is 5.10 Å². The monoisotopic (exact) mass is 354 g/mol. The molecule has 3 aromatic carbocycles. The molecule has 132 valence electrons. The molecule has 0 aliphatic heterocycles. The molecular formula is C23H18N2O2. The molecule has 1 amide bonds. The molecule has 0 saturated heterocycles. The van der Waals surface area contributed by atoms with Crippen LogP contribution in [0, 0.1) is 0 Å². The first-order valence-electron chi connectivity index (χ1n) is 8.73. The summed E-state index contributed by atoms with van der Waals surface area (Å²) in [5.41, 5.74) is 6.11. The van der Waals surface area contributed by atoms with Gasteiger partial charge in [0.15, 0.2) is 0 Å². The Morgan fingerprint density at radius 3 is 2.52 bits per heavy atom. The molecule has 4 aromatic rings. The zero-order valence-corrected chi connectivity index (χ0v) is 14.6. The maximum atomic E-state index is 12.6. The minimum Gasteiger partial charge on any atom is -0.455 e. The largest absolute Gasteiger partial charge is 0.455 e. The Hall–Kier alpha value is -3.66. The van der Waals surface area contributed by atoms with Crippen LogP contribution in [0.3, 0.4) is 0 Å². The van der Waals surface area contributed by atoms with Crippen molar-refractivity contribution in [3.05, 3.63) is 107 Å². The molecule has 0 spiro atoms. The van der Waals surface area contributed by atoms with E-state index in [1.807, 2.05) is 72.8 Å². The van der Waals surface area contributed by atoms with Crippen molar-refractivity contribution < 1.29 is 9.21 Å². The number of furan rings is 1. The summed E-state index contributed by atoms with van der Waals surface area (Å²) >= 11 is 0. The lowest BCUT2D eigenvalue weighted by atomic mass is 9.99. The van der Waals surface area contributed by atoms with Gasteiger partial charge in [0.2, 0.25) is 0 Å². The topological polar surface area (TPSA) is 54.6 Å². The van der Waals surface area contributed by atoms with Crippen molar-refractivity contribution in [1.82, 2.24) is 5.43 Å². The van der Waals surface area contributed by atoms with Gasteiger partial charge in [-0.3, -0.25) is 4.79 Å². The first-order chi connectivity index (χ1) is 13.3. The highest BCUT2D eigenvalue weighted by Crippen LogP contribution is 2.17. The number of hydrogen-bond acceptors (Lipinski definition) is 3. The van der Waals surface area contributed by atoms with E-state index in [1.54, 1.807) is 0 Å². The molecule has 4 heteroatoms. The summed E-state index contributed by atoms with van der Waals surface area (Å²) in [6, 6.07) is 27.2. The first kappa shape index (κ1) is 16.8. The Morgan fingerprint density at radius 1 is 0.926 bits per heavy atom. The third kappa shape index (κ3) is 3.96. The number of carbonyl (C=O) groups is 1. The van der Waals surface area contributed by atoms with Crippen LogP contribution in [-0.4, -0.2) is 12.1 Å². The molecule has 0 bridgehead atoms. The van der Waals surface area contributed by atoms with Crippen LogP contribution in [0.25, 0.3) is 11.0 Å². The molecule has 0 fully saturated rings. The number of amides is 1. The fourth-order valence-electron chi connectivity index (χ4n) is 2.99. The predicted molar refractivity (Wildman–Crippen MR) is 107 cm³/mol. The summed E-state index contributed by atoms with van der Waals surface area (Å²) in [7, 11) is 0. The highest BCUT2D eigenvalue weighted by Gasteiger charge is 2.10. The number of hydrogen-bond donors (Lipinski definition) is 1. The molecule has 0 aliphatic carbocycles. The number of benzene rings is 3. The van der Waals surface area contributed by atoms with E-state index in [9.17, 15) is 4.79 Å². The Bertz CT molecular complexity index is 1060. The third-order valence-corrected chi connectivity index (χ3v) is 4.30. The Kier molecular flexibility index (Phi) is 4.79. The molecule has 1 aromatic heterocycles. The Labute approximate surface area is 157 Å². The molecule has 0 saturated carbocycles. The van der Waals surface area contributed by atoms with Crippen LogP contribution in [0.2, 0.25) is 0 Å². The van der Waals surface area contributed by atoms with Gasteiger partial charge in [-0.15, -0.1) is 0 Å². The number of carbonyl (C=O) groups excluding carboxylic acids is 1. The van der Waals surface area contributed by atoms with E-state index in [-0.39, 0.29) is 5.91 Å². The second-order valence-electron chi connectivity index (χ2n) is 6.21. The van der Waals surface area contributed by atoms with Crippen molar-refractivity contribution in [3.63, 3.8) is 0 Å². The van der Waals surface area contributed by atoms with Gasteiger partial charge >= 0.3 is 0 Å². The van der Waals surface area contributed by atoms with Gasteiger partial charge in [-0.1, -0.05) is 66.7 Å². The van der Waals surface area contributed by atoms with E-state index in [2.05, 4.69) is 22.7 Å². The van der Waals surface area contributed by atoms with Crippen LogP contribution < -0.4 is 5.43 Å². The van der Waals surface area contributed by atoms with Gasteiger partial charge in [-0.2, -0.15) is 5.10 Å². The minimum atomic E-state index is -0.242. The summed E-state index contributed by atoms with van der Waals surface area (Å²) in [4.78, 5) is 12.6. The number of nitrogens with zero attached hydrogens (tertiary/aromatic N) is 1. The average molecular weight is 354 g/mol. The fourth-order valence-corrected chi connectivity index (χ4v) is 2.99.